The van der Waals surface area contributed by atoms with Crippen LogP contribution >= 0.6 is 0 Å². The number of carboxylic acids is 1. The fraction of sp³-hybridized carbons (Fsp3) is 0.333. The van der Waals surface area contributed by atoms with Gasteiger partial charge >= 0.3 is 12.0 Å². The summed E-state index contributed by atoms with van der Waals surface area (Å²) in [5, 5.41) is 26.7. The summed E-state index contributed by atoms with van der Waals surface area (Å²) in [6.45, 7) is 0.0404. The number of aromatic amines is 2. The molecule has 5 N–H and O–H groups in total. The van der Waals surface area contributed by atoms with Gasteiger partial charge in [0.2, 0.25) is 0 Å². The molecule has 11 heteroatoms. The van der Waals surface area contributed by atoms with E-state index in [2.05, 4.69) is 41.2 Å². The number of tetrazole rings is 1. The van der Waals surface area contributed by atoms with Crippen LogP contribution < -0.4 is 10.6 Å². The predicted octanol–water partition coefficient (Wildman–Crippen LogP) is -1.58. The summed E-state index contributed by atoms with van der Waals surface area (Å²) in [6.07, 6.45) is 3.03. The van der Waals surface area contributed by atoms with Crippen molar-refractivity contribution >= 4 is 12.0 Å². The average Bonchev–Trinajstić information content (AvgIpc) is 3.08. The van der Waals surface area contributed by atoms with Crippen molar-refractivity contribution in [3.8, 4) is 0 Å². The standard InChI is InChI=1S/C9H12N8O3/c18-8(19)6(1-5-2-10-4-12-5)13-9(20)11-3-7-14-16-17-15-7/h2,4,6H,1,3H2,(H,10,12)(H,18,19)(H2,11,13,20)(H,14,15,16,17)/t6-/m1/s1. The van der Waals surface area contributed by atoms with Gasteiger partial charge in [0.15, 0.2) is 5.82 Å². The maximum atomic E-state index is 11.6. The Bertz CT molecular complexity index is 552. The van der Waals surface area contributed by atoms with E-state index >= 15 is 0 Å². The van der Waals surface area contributed by atoms with Gasteiger partial charge in [0.25, 0.3) is 0 Å². The molecule has 2 aromatic heterocycles. The number of H-pyrrole nitrogens is 2. The Labute approximate surface area is 112 Å². The van der Waals surface area contributed by atoms with Crippen LogP contribution in [-0.4, -0.2) is 53.7 Å². The molecule has 106 valence electrons. The lowest BCUT2D eigenvalue weighted by Gasteiger charge is -2.13. The van der Waals surface area contributed by atoms with Crippen LogP contribution in [-0.2, 0) is 17.8 Å². The highest BCUT2D eigenvalue weighted by atomic mass is 16.4. The lowest BCUT2D eigenvalue weighted by atomic mass is 10.2. The highest BCUT2D eigenvalue weighted by Gasteiger charge is 2.21. The third-order valence-electron chi connectivity index (χ3n) is 2.38. The van der Waals surface area contributed by atoms with Crippen molar-refractivity contribution in [2.45, 2.75) is 19.0 Å². The second-order valence-corrected chi connectivity index (χ2v) is 3.83. The van der Waals surface area contributed by atoms with Crippen molar-refractivity contribution in [1.82, 2.24) is 41.2 Å². The number of nitrogens with zero attached hydrogens (tertiary/aromatic N) is 4. The number of aliphatic carboxylic acids is 1. The molecule has 0 aromatic carbocycles. The van der Waals surface area contributed by atoms with Crippen molar-refractivity contribution in [3.63, 3.8) is 0 Å². The van der Waals surface area contributed by atoms with E-state index in [9.17, 15) is 9.59 Å². The number of hydrogen-bond acceptors (Lipinski definition) is 6. The van der Waals surface area contributed by atoms with E-state index in [-0.39, 0.29) is 13.0 Å². The quantitative estimate of drug-likeness (QED) is 0.426. The molecular formula is C9H12N8O3. The number of imidazole rings is 1. The summed E-state index contributed by atoms with van der Waals surface area (Å²) < 4.78 is 0. The van der Waals surface area contributed by atoms with Crippen molar-refractivity contribution < 1.29 is 14.7 Å². The van der Waals surface area contributed by atoms with Gasteiger partial charge in [-0.3, -0.25) is 0 Å². The van der Waals surface area contributed by atoms with E-state index in [1.807, 2.05) is 0 Å². The molecule has 0 fully saturated rings. The number of urea groups is 1. The minimum atomic E-state index is -1.14. The van der Waals surface area contributed by atoms with E-state index in [0.29, 0.717) is 11.5 Å². The SMILES string of the molecule is O=C(NCc1nn[nH]n1)N[C@H](Cc1cnc[nH]1)C(=O)O. The number of aromatic nitrogens is 6. The largest absolute Gasteiger partial charge is 0.480 e. The van der Waals surface area contributed by atoms with Gasteiger partial charge in [-0.25, -0.2) is 14.6 Å². The fourth-order valence-electron chi connectivity index (χ4n) is 1.44. The first-order chi connectivity index (χ1) is 9.65. The summed E-state index contributed by atoms with van der Waals surface area (Å²) in [7, 11) is 0. The molecule has 0 aliphatic rings. The van der Waals surface area contributed by atoms with E-state index in [1.54, 1.807) is 0 Å². The van der Waals surface area contributed by atoms with Gasteiger partial charge in [-0.05, 0) is 0 Å². The highest BCUT2D eigenvalue weighted by Crippen LogP contribution is 1.98. The lowest BCUT2D eigenvalue weighted by molar-refractivity contribution is -0.139. The third kappa shape index (κ3) is 3.76. The predicted molar refractivity (Wildman–Crippen MR) is 63.3 cm³/mol. The first-order valence-electron chi connectivity index (χ1n) is 5.62. The molecule has 0 bridgehead atoms. The number of hydrogen-bond donors (Lipinski definition) is 5. The highest BCUT2D eigenvalue weighted by molar-refractivity contribution is 5.82. The first kappa shape index (κ1) is 13.5. The monoisotopic (exact) mass is 280 g/mol. The second kappa shape index (κ2) is 6.26. The van der Waals surface area contributed by atoms with Crippen LogP contribution in [0.15, 0.2) is 12.5 Å². The van der Waals surface area contributed by atoms with Gasteiger partial charge in [-0.15, -0.1) is 10.2 Å². The topological polar surface area (TPSA) is 162 Å². The van der Waals surface area contributed by atoms with E-state index in [0.717, 1.165) is 0 Å². The van der Waals surface area contributed by atoms with Crippen LogP contribution in [0, 0.1) is 0 Å². The Morgan fingerprint density at radius 2 is 2.30 bits per heavy atom. The van der Waals surface area contributed by atoms with E-state index < -0.39 is 18.0 Å². The molecule has 2 amide bonds. The minimum Gasteiger partial charge on any atom is -0.480 e. The Morgan fingerprint density at radius 3 is 2.90 bits per heavy atom. The molecule has 0 saturated heterocycles. The minimum absolute atomic E-state index is 0.0404. The fourth-order valence-corrected chi connectivity index (χ4v) is 1.44. The van der Waals surface area contributed by atoms with E-state index in [1.165, 1.54) is 12.5 Å². The summed E-state index contributed by atoms with van der Waals surface area (Å²) in [6, 6.07) is -1.71. The molecular weight excluding hydrogens is 268 g/mol. The summed E-state index contributed by atoms with van der Waals surface area (Å²) >= 11 is 0. The molecule has 2 heterocycles. The summed E-state index contributed by atoms with van der Waals surface area (Å²) in [5.41, 5.74) is 0.607. The molecule has 0 saturated carbocycles. The zero-order valence-electron chi connectivity index (χ0n) is 10.2. The van der Waals surface area contributed by atoms with Crippen LogP contribution in [0.2, 0.25) is 0 Å². The zero-order chi connectivity index (χ0) is 14.4. The lowest BCUT2D eigenvalue weighted by Crippen LogP contribution is -2.47. The van der Waals surface area contributed by atoms with E-state index in [4.69, 9.17) is 5.11 Å². The second-order valence-electron chi connectivity index (χ2n) is 3.83. The maximum absolute atomic E-state index is 11.6. The van der Waals surface area contributed by atoms with Crippen LogP contribution in [0.4, 0.5) is 4.79 Å². The van der Waals surface area contributed by atoms with Crippen molar-refractivity contribution in [3.05, 3.63) is 24.0 Å². The van der Waals surface area contributed by atoms with Gasteiger partial charge in [0.1, 0.15) is 6.04 Å². The van der Waals surface area contributed by atoms with Gasteiger partial charge < -0.3 is 20.7 Å². The molecule has 0 aliphatic heterocycles. The van der Waals surface area contributed by atoms with Crippen LogP contribution in [0.25, 0.3) is 0 Å². The summed E-state index contributed by atoms with van der Waals surface area (Å²) in [5.74, 6) is -0.852. The third-order valence-corrected chi connectivity index (χ3v) is 2.38. The number of carboxylic acid groups (broad SMARTS) is 1. The Kier molecular flexibility index (Phi) is 4.21. The molecule has 0 spiro atoms. The molecule has 0 aliphatic carbocycles. The zero-order valence-corrected chi connectivity index (χ0v) is 10.2. The molecule has 11 nitrogen and oxygen atoms in total. The van der Waals surface area contributed by atoms with Crippen molar-refractivity contribution in [1.29, 1.82) is 0 Å². The summed E-state index contributed by atoms with van der Waals surface area (Å²) in [4.78, 5) is 29.2. The first-order valence-corrected chi connectivity index (χ1v) is 5.62. The Morgan fingerprint density at radius 1 is 1.45 bits per heavy atom. The molecule has 1 atom stereocenters. The van der Waals surface area contributed by atoms with Crippen molar-refractivity contribution in [2.24, 2.45) is 0 Å². The number of rotatable bonds is 6. The smallest absolute Gasteiger partial charge is 0.326 e. The number of carbonyl (C=O) groups excluding carboxylic acids is 1. The number of amides is 2. The van der Waals surface area contributed by atoms with Crippen LogP contribution in [0.3, 0.4) is 0 Å². The van der Waals surface area contributed by atoms with Crippen molar-refractivity contribution in [2.75, 3.05) is 0 Å². The number of carbonyl (C=O) groups is 2. The van der Waals surface area contributed by atoms with Gasteiger partial charge in [-0.2, -0.15) is 5.21 Å². The average molecular weight is 280 g/mol. The number of nitrogens with one attached hydrogen (secondary N) is 4. The van der Waals surface area contributed by atoms with Gasteiger partial charge in [0, 0.05) is 18.3 Å². The van der Waals surface area contributed by atoms with Gasteiger partial charge in [-0.1, -0.05) is 5.21 Å². The molecule has 2 rings (SSSR count). The molecule has 20 heavy (non-hydrogen) atoms. The maximum Gasteiger partial charge on any atom is 0.326 e. The Balaban J connectivity index is 1.84. The molecule has 2 aromatic rings. The Hall–Kier alpha value is -2.98. The molecule has 0 radical (unpaired) electrons. The molecule has 0 unspecified atom stereocenters. The van der Waals surface area contributed by atoms with Crippen LogP contribution in [0.1, 0.15) is 11.5 Å². The normalized spacial score (nSPS) is 11.8. The van der Waals surface area contributed by atoms with Gasteiger partial charge in [0.05, 0.1) is 12.9 Å². The van der Waals surface area contributed by atoms with Crippen LogP contribution in [0.5, 0.6) is 0 Å².